The summed E-state index contributed by atoms with van der Waals surface area (Å²) in [4.78, 5) is 27.4. The number of H-pyrrole nitrogens is 1. The third-order valence-electron chi connectivity index (χ3n) is 5.79. The molecule has 1 aliphatic rings. The van der Waals surface area contributed by atoms with E-state index in [1.165, 1.54) is 0 Å². The van der Waals surface area contributed by atoms with Crippen LogP contribution in [0.1, 0.15) is 41.7 Å². The minimum Gasteiger partial charge on any atom is -0.493 e. The predicted octanol–water partition coefficient (Wildman–Crippen LogP) is 4.13. The number of amides is 1. The normalized spacial score (nSPS) is 18.5. The van der Waals surface area contributed by atoms with Crippen molar-refractivity contribution in [2.24, 2.45) is 5.92 Å². The number of ether oxygens (including phenoxy) is 2. The van der Waals surface area contributed by atoms with E-state index >= 15 is 0 Å². The van der Waals surface area contributed by atoms with Crippen molar-refractivity contribution in [3.05, 3.63) is 59.8 Å². The number of nitrogens with one attached hydrogen (secondary N) is 2. The highest BCUT2D eigenvalue weighted by Gasteiger charge is 2.32. The van der Waals surface area contributed by atoms with Gasteiger partial charge in [-0.1, -0.05) is 43.2 Å². The third-order valence-corrected chi connectivity index (χ3v) is 5.79. The molecule has 1 aromatic heterocycles. The van der Waals surface area contributed by atoms with E-state index in [0.717, 1.165) is 29.3 Å². The van der Waals surface area contributed by atoms with Gasteiger partial charge in [-0.2, -0.15) is 0 Å². The largest absolute Gasteiger partial charge is 0.493 e. The molecule has 1 fully saturated rings. The molecule has 0 radical (unpaired) electrons. The maximum absolute atomic E-state index is 12.8. The summed E-state index contributed by atoms with van der Waals surface area (Å²) >= 11 is 0. The fourth-order valence-corrected chi connectivity index (χ4v) is 4.12. The van der Waals surface area contributed by atoms with Gasteiger partial charge >= 0.3 is 5.97 Å². The van der Waals surface area contributed by atoms with Gasteiger partial charge in [-0.25, -0.2) is 0 Å². The summed E-state index contributed by atoms with van der Waals surface area (Å²) in [6.45, 7) is 0.398. The Labute approximate surface area is 180 Å². The van der Waals surface area contributed by atoms with E-state index < -0.39 is 11.9 Å². The van der Waals surface area contributed by atoms with Crippen molar-refractivity contribution in [3.63, 3.8) is 0 Å². The number of benzene rings is 2. The van der Waals surface area contributed by atoms with Crippen molar-refractivity contribution in [3.8, 4) is 11.5 Å². The zero-order chi connectivity index (χ0) is 21.8. The molecule has 3 aromatic rings. The van der Waals surface area contributed by atoms with Crippen molar-refractivity contribution < 1.29 is 24.2 Å². The van der Waals surface area contributed by atoms with Crippen LogP contribution in [0.5, 0.6) is 11.5 Å². The van der Waals surface area contributed by atoms with E-state index in [0.29, 0.717) is 36.6 Å². The van der Waals surface area contributed by atoms with Crippen LogP contribution in [0.4, 0.5) is 0 Å². The average molecular weight is 422 g/mol. The Kier molecular flexibility index (Phi) is 6.11. The minimum atomic E-state index is -0.855. The third kappa shape index (κ3) is 4.66. The van der Waals surface area contributed by atoms with Gasteiger partial charge in [-0.3, -0.25) is 9.59 Å². The smallest absolute Gasteiger partial charge is 0.308 e. The van der Waals surface area contributed by atoms with Gasteiger partial charge in [0.2, 0.25) is 0 Å². The van der Waals surface area contributed by atoms with Gasteiger partial charge in [0.15, 0.2) is 11.5 Å². The van der Waals surface area contributed by atoms with E-state index in [-0.39, 0.29) is 11.9 Å². The number of aromatic nitrogens is 1. The number of fused-ring (bicyclic) bond motifs is 1. The lowest BCUT2D eigenvalue weighted by atomic mass is 9.84. The van der Waals surface area contributed by atoms with Gasteiger partial charge in [0, 0.05) is 23.0 Å². The monoisotopic (exact) mass is 422 g/mol. The SMILES string of the molecule is COc1cc2cc(C(=O)NC3CCCCC3C(=O)O)[nH]c2cc1OCc1ccccc1. The molecule has 1 aliphatic carbocycles. The Morgan fingerprint density at radius 3 is 2.61 bits per heavy atom. The average Bonchev–Trinajstić information content (AvgIpc) is 3.21. The highest BCUT2D eigenvalue weighted by molar-refractivity contribution is 5.99. The molecule has 1 heterocycles. The first-order chi connectivity index (χ1) is 15.0. The van der Waals surface area contributed by atoms with Crippen LogP contribution < -0.4 is 14.8 Å². The Bertz CT molecular complexity index is 1080. The first-order valence-corrected chi connectivity index (χ1v) is 10.5. The predicted molar refractivity (Wildman–Crippen MR) is 116 cm³/mol. The van der Waals surface area contributed by atoms with Crippen LogP contribution in [0.3, 0.4) is 0 Å². The molecule has 1 amide bonds. The standard InChI is InChI=1S/C24H26N2O5/c1-30-21-12-16-11-20(23(27)26-18-10-6-5-9-17(18)24(28)29)25-19(16)13-22(21)31-14-15-7-3-2-4-8-15/h2-4,7-8,11-13,17-18,25H,5-6,9-10,14H2,1H3,(H,26,27)(H,28,29). The molecule has 7 nitrogen and oxygen atoms in total. The number of aliphatic carboxylic acids is 1. The number of carboxylic acid groups (broad SMARTS) is 1. The quantitative estimate of drug-likeness (QED) is 0.532. The van der Waals surface area contributed by atoms with E-state index in [1.807, 2.05) is 42.5 Å². The van der Waals surface area contributed by atoms with E-state index in [2.05, 4.69) is 10.3 Å². The highest BCUT2D eigenvalue weighted by atomic mass is 16.5. The number of hydrogen-bond donors (Lipinski definition) is 3. The molecule has 1 saturated carbocycles. The Morgan fingerprint density at radius 1 is 1.10 bits per heavy atom. The lowest BCUT2D eigenvalue weighted by Crippen LogP contribution is -2.45. The lowest BCUT2D eigenvalue weighted by Gasteiger charge is -2.29. The van der Waals surface area contributed by atoms with Gasteiger partial charge in [-0.05, 0) is 30.5 Å². The lowest BCUT2D eigenvalue weighted by molar-refractivity contribution is -0.143. The van der Waals surface area contributed by atoms with Crippen LogP contribution in [0, 0.1) is 5.92 Å². The van der Waals surface area contributed by atoms with Gasteiger partial charge in [0.25, 0.3) is 5.91 Å². The van der Waals surface area contributed by atoms with Crippen molar-refractivity contribution in [2.45, 2.75) is 38.3 Å². The summed E-state index contributed by atoms with van der Waals surface area (Å²) < 4.78 is 11.4. The molecular formula is C24H26N2O5. The molecule has 7 heteroatoms. The number of carbonyl (C=O) groups excluding carboxylic acids is 1. The molecule has 162 valence electrons. The molecule has 2 aromatic carbocycles. The van der Waals surface area contributed by atoms with Gasteiger partial charge in [-0.15, -0.1) is 0 Å². The molecule has 4 rings (SSSR count). The summed E-state index contributed by atoms with van der Waals surface area (Å²) in [6.07, 6.45) is 3.06. The second-order valence-corrected chi connectivity index (χ2v) is 7.86. The zero-order valence-electron chi connectivity index (χ0n) is 17.4. The van der Waals surface area contributed by atoms with Crippen LogP contribution in [-0.4, -0.2) is 35.1 Å². The van der Waals surface area contributed by atoms with E-state index in [4.69, 9.17) is 9.47 Å². The summed E-state index contributed by atoms with van der Waals surface area (Å²) in [5, 5.41) is 13.2. The van der Waals surface area contributed by atoms with Gasteiger partial charge in [0.05, 0.1) is 13.0 Å². The highest BCUT2D eigenvalue weighted by Crippen LogP contribution is 2.33. The first-order valence-electron chi connectivity index (χ1n) is 10.5. The van der Waals surface area contributed by atoms with Crippen molar-refractivity contribution in [1.29, 1.82) is 0 Å². The van der Waals surface area contributed by atoms with Gasteiger partial charge in [0.1, 0.15) is 12.3 Å². The molecular weight excluding hydrogens is 396 g/mol. The molecule has 0 aliphatic heterocycles. The second kappa shape index (κ2) is 9.12. The molecule has 3 N–H and O–H groups in total. The maximum Gasteiger partial charge on any atom is 0.308 e. The summed E-state index contributed by atoms with van der Waals surface area (Å²) in [5.74, 6) is -0.551. The molecule has 0 bridgehead atoms. The van der Waals surface area contributed by atoms with Crippen molar-refractivity contribution in [2.75, 3.05) is 7.11 Å². The molecule has 2 unspecified atom stereocenters. The summed E-state index contributed by atoms with van der Waals surface area (Å²) in [7, 11) is 1.58. The number of carboxylic acids is 1. The van der Waals surface area contributed by atoms with Crippen LogP contribution >= 0.6 is 0 Å². The molecule has 2 atom stereocenters. The number of carbonyl (C=O) groups is 2. The number of rotatable bonds is 7. The zero-order valence-corrected chi connectivity index (χ0v) is 17.4. The molecule has 0 saturated heterocycles. The second-order valence-electron chi connectivity index (χ2n) is 7.86. The van der Waals surface area contributed by atoms with Crippen LogP contribution in [0.15, 0.2) is 48.5 Å². The van der Waals surface area contributed by atoms with Crippen molar-refractivity contribution >= 4 is 22.8 Å². The molecule has 0 spiro atoms. The van der Waals surface area contributed by atoms with Crippen LogP contribution in [-0.2, 0) is 11.4 Å². The van der Waals surface area contributed by atoms with Crippen LogP contribution in [0.2, 0.25) is 0 Å². The van der Waals surface area contributed by atoms with Gasteiger partial charge < -0.3 is 24.9 Å². The summed E-state index contributed by atoms with van der Waals surface area (Å²) in [5.41, 5.74) is 2.16. The fourth-order valence-electron chi connectivity index (χ4n) is 4.12. The van der Waals surface area contributed by atoms with Crippen LogP contribution in [0.25, 0.3) is 10.9 Å². The van der Waals surface area contributed by atoms with Crippen molar-refractivity contribution in [1.82, 2.24) is 10.3 Å². The molecule has 31 heavy (non-hydrogen) atoms. The number of hydrogen-bond acceptors (Lipinski definition) is 4. The fraction of sp³-hybridized carbons (Fsp3) is 0.333. The van der Waals surface area contributed by atoms with E-state index in [9.17, 15) is 14.7 Å². The number of aromatic amines is 1. The minimum absolute atomic E-state index is 0.305. The summed E-state index contributed by atoms with van der Waals surface area (Å²) in [6, 6.07) is 14.9. The Balaban J connectivity index is 1.53. The first kappa shape index (κ1) is 20.8. The number of methoxy groups -OCH3 is 1. The Hall–Kier alpha value is -3.48. The van der Waals surface area contributed by atoms with E-state index in [1.54, 1.807) is 13.2 Å². The topological polar surface area (TPSA) is 101 Å². The Morgan fingerprint density at radius 2 is 1.87 bits per heavy atom. The maximum atomic E-state index is 12.8.